The van der Waals surface area contributed by atoms with Gasteiger partial charge in [0.05, 0.1) is 32.2 Å². The SMILES string of the molecule is COc1ccc(CN2C[C@@H](C(=O)NC[C@H]3CCCO3)C[C@@H](C(=O)Nc3ccc4c(c3)CCC4)C2)cc1OC. The number of anilines is 1. The van der Waals surface area contributed by atoms with Gasteiger partial charge in [-0.3, -0.25) is 14.5 Å². The molecule has 8 heteroatoms. The van der Waals surface area contributed by atoms with Crippen LogP contribution in [0.1, 0.15) is 42.4 Å². The summed E-state index contributed by atoms with van der Waals surface area (Å²) in [5, 5.41) is 6.23. The average molecular weight is 522 g/mol. The Morgan fingerprint density at radius 2 is 1.74 bits per heavy atom. The smallest absolute Gasteiger partial charge is 0.228 e. The minimum absolute atomic E-state index is 0.00663. The zero-order valence-electron chi connectivity index (χ0n) is 22.5. The molecule has 0 spiro atoms. The second-order valence-corrected chi connectivity index (χ2v) is 10.7. The van der Waals surface area contributed by atoms with Crippen molar-refractivity contribution >= 4 is 17.5 Å². The van der Waals surface area contributed by atoms with Crippen molar-refractivity contribution in [2.24, 2.45) is 11.8 Å². The largest absolute Gasteiger partial charge is 0.493 e. The van der Waals surface area contributed by atoms with Crippen LogP contribution in [0.4, 0.5) is 5.69 Å². The van der Waals surface area contributed by atoms with E-state index in [0.29, 0.717) is 44.1 Å². The lowest BCUT2D eigenvalue weighted by atomic mass is 9.87. The van der Waals surface area contributed by atoms with Crippen molar-refractivity contribution in [1.29, 1.82) is 0 Å². The third-order valence-corrected chi connectivity index (χ3v) is 8.02. The molecular formula is C30H39N3O5. The average Bonchev–Trinajstić information content (AvgIpc) is 3.63. The Bertz CT molecular complexity index is 1150. The first-order valence-corrected chi connectivity index (χ1v) is 13.8. The predicted molar refractivity (Wildman–Crippen MR) is 146 cm³/mol. The Morgan fingerprint density at radius 1 is 0.947 bits per heavy atom. The van der Waals surface area contributed by atoms with Gasteiger partial charge in [0.15, 0.2) is 11.5 Å². The van der Waals surface area contributed by atoms with Crippen LogP contribution in [-0.2, 0) is 33.7 Å². The summed E-state index contributed by atoms with van der Waals surface area (Å²) >= 11 is 0. The number of benzene rings is 2. The molecule has 2 N–H and O–H groups in total. The number of carbonyl (C=O) groups is 2. The molecule has 1 aliphatic carbocycles. The summed E-state index contributed by atoms with van der Waals surface area (Å²) in [5.74, 6) is 0.730. The highest BCUT2D eigenvalue weighted by atomic mass is 16.5. The van der Waals surface area contributed by atoms with E-state index in [1.165, 1.54) is 17.5 Å². The van der Waals surface area contributed by atoms with Crippen LogP contribution in [0.25, 0.3) is 0 Å². The molecule has 2 amide bonds. The van der Waals surface area contributed by atoms with Gasteiger partial charge >= 0.3 is 0 Å². The Labute approximate surface area is 225 Å². The second kappa shape index (κ2) is 12.2. The highest BCUT2D eigenvalue weighted by Gasteiger charge is 2.35. The maximum Gasteiger partial charge on any atom is 0.228 e. The molecule has 0 radical (unpaired) electrons. The lowest BCUT2D eigenvalue weighted by molar-refractivity contribution is -0.130. The van der Waals surface area contributed by atoms with Crippen LogP contribution in [-0.4, -0.2) is 63.3 Å². The van der Waals surface area contributed by atoms with Gasteiger partial charge in [0.25, 0.3) is 0 Å². The molecule has 2 aromatic rings. The van der Waals surface area contributed by atoms with Crippen LogP contribution in [0, 0.1) is 11.8 Å². The number of amides is 2. The molecule has 0 aromatic heterocycles. The van der Waals surface area contributed by atoms with Crippen LogP contribution in [0.2, 0.25) is 0 Å². The first kappa shape index (κ1) is 26.5. The van der Waals surface area contributed by atoms with E-state index in [0.717, 1.165) is 43.5 Å². The Kier molecular flexibility index (Phi) is 8.49. The van der Waals surface area contributed by atoms with Crippen molar-refractivity contribution in [3.8, 4) is 11.5 Å². The van der Waals surface area contributed by atoms with Crippen LogP contribution in [0.3, 0.4) is 0 Å². The quantitative estimate of drug-likeness (QED) is 0.525. The van der Waals surface area contributed by atoms with Gasteiger partial charge in [-0.25, -0.2) is 0 Å². The molecule has 0 saturated carbocycles. The highest BCUT2D eigenvalue weighted by molar-refractivity contribution is 5.93. The summed E-state index contributed by atoms with van der Waals surface area (Å²) < 4.78 is 16.5. The Balaban J connectivity index is 1.29. The molecule has 2 aromatic carbocycles. The molecule has 2 aliphatic heterocycles. The molecule has 38 heavy (non-hydrogen) atoms. The minimum Gasteiger partial charge on any atom is -0.493 e. The molecular weight excluding hydrogens is 482 g/mol. The molecule has 2 fully saturated rings. The zero-order valence-corrected chi connectivity index (χ0v) is 22.5. The van der Waals surface area contributed by atoms with E-state index in [2.05, 4.69) is 27.7 Å². The van der Waals surface area contributed by atoms with Gasteiger partial charge in [0.2, 0.25) is 11.8 Å². The fraction of sp³-hybridized carbons (Fsp3) is 0.533. The van der Waals surface area contributed by atoms with Gasteiger partial charge in [-0.05, 0) is 79.5 Å². The summed E-state index contributed by atoms with van der Waals surface area (Å²) in [6.07, 6.45) is 5.97. The molecule has 5 rings (SSSR count). The van der Waals surface area contributed by atoms with Crippen LogP contribution in [0.5, 0.6) is 11.5 Å². The van der Waals surface area contributed by atoms with Crippen molar-refractivity contribution in [3.63, 3.8) is 0 Å². The molecule has 3 aliphatic rings. The van der Waals surface area contributed by atoms with Crippen LogP contribution < -0.4 is 20.1 Å². The summed E-state index contributed by atoms with van der Waals surface area (Å²) in [5.41, 5.74) is 4.59. The van der Waals surface area contributed by atoms with Crippen LogP contribution >= 0.6 is 0 Å². The van der Waals surface area contributed by atoms with Gasteiger partial charge in [-0.1, -0.05) is 12.1 Å². The number of fused-ring (bicyclic) bond motifs is 1. The molecule has 204 valence electrons. The van der Waals surface area contributed by atoms with Gasteiger partial charge in [0.1, 0.15) is 0 Å². The number of hydrogen-bond donors (Lipinski definition) is 2. The molecule has 2 saturated heterocycles. The third-order valence-electron chi connectivity index (χ3n) is 8.02. The van der Waals surface area contributed by atoms with E-state index in [4.69, 9.17) is 14.2 Å². The van der Waals surface area contributed by atoms with Crippen molar-refractivity contribution in [1.82, 2.24) is 10.2 Å². The number of methoxy groups -OCH3 is 2. The van der Waals surface area contributed by atoms with Gasteiger partial charge in [-0.2, -0.15) is 0 Å². The number of likely N-dealkylation sites (tertiary alicyclic amines) is 1. The van der Waals surface area contributed by atoms with E-state index in [1.807, 2.05) is 24.3 Å². The number of nitrogens with zero attached hydrogens (tertiary/aromatic N) is 1. The summed E-state index contributed by atoms with van der Waals surface area (Å²) in [6.45, 7) is 3.07. The number of aryl methyl sites for hydroxylation is 2. The molecule has 0 bridgehead atoms. The zero-order chi connectivity index (χ0) is 26.5. The monoisotopic (exact) mass is 521 g/mol. The minimum atomic E-state index is -0.296. The van der Waals surface area contributed by atoms with E-state index in [-0.39, 0.29) is 29.8 Å². The molecule has 3 atom stereocenters. The maximum atomic E-state index is 13.5. The number of nitrogens with one attached hydrogen (secondary N) is 2. The first-order valence-electron chi connectivity index (χ1n) is 13.8. The molecule has 8 nitrogen and oxygen atoms in total. The standard InChI is InChI=1S/C30H39N3O5/c1-36-27-11-8-20(13-28(27)37-2)17-33-18-23(29(34)31-16-26-7-4-12-38-26)14-24(19-33)30(35)32-25-10-9-21-5-3-6-22(21)15-25/h8-11,13,15,23-24,26H,3-7,12,14,16-19H2,1-2H3,(H,31,34)(H,32,35)/t23-,24+,26+/m0/s1. The number of hydrogen-bond acceptors (Lipinski definition) is 6. The van der Waals surface area contributed by atoms with Crippen molar-refractivity contribution < 1.29 is 23.8 Å². The maximum absolute atomic E-state index is 13.5. The lowest BCUT2D eigenvalue weighted by Crippen LogP contribution is -2.49. The summed E-state index contributed by atoms with van der Waals surface area (Å²) in [6, 6.07) is 12.1. The first-order chi connectivity index (χ1) is 18.5. The van der Waals surface area contributed by atoms with Gasteiger partial charge in [0, 0.05) is 38.5 Å². The molecule has 2 heterocycles. The molecule has 0 unspecified atom stereocenters. The number of rotatable bonds is 9. The number of piperidine rings is 1. The second-order valence-electron chi connectivity index (χ2n) is 10.7. The normalized spacial score (nSPS) is 23.1. The number of carbonyl (C=O) groups excluding carboxylic acids is 2. The van der Waals surface area contributed by atoms with E-state index < -0.39 is 0 Å². The van der Waals surface area contributed by atoms with Gasteiger partial charge in [-0.15, -0.1) is 0 Å². The fourth-order valence-corrected chi connectivity index (χ4v) is 5.99. The summed E-state index contributed by atoms with van der Waals surface area (Å²) in [7, 11) is 3.24. The van der Waals surface area contributed by atoms with E-state index >= 15 is 0 Å². The lowest BCUT2D eigenvalue weighted by Gasteiger charge is -2.36. The fourth-order valence-electron chi connectivity index (χ4n) is 5.99. The Morgan fingerprint density at radius 3 is 2.50 bits per heavy atom. The Hall–Kier alpha value is -3.10. The third kappa shape index (κ3) is 6.30. The van der Waals surface area contributed by atoms with Crippen molar-refractivity contribution in [3.05, 3.63) is 53.1 Å². The number of ether oxygens (including phenoxy) is 3. The van der Waals surface area contributed by atoms with Crippen LogP contribution in [0.15, 0.2) is 36.4 Å². The van der Waals surface area contributed by atoms with Gasteiger partial charge < -0.3 is 24.8 Å². The van der Waals surface area contributed by atoms with E-state index in [1.54, 1.807) is 14.2 Å². The van der Waals surface area contributed by atoms with Crippen molar-refractivity contribution in [2.75, 3.05) is 45.8 Å². The predicted octanol–water partition coefficient (Wildman–Crippen LogP) is 3.56. The van der Waals surface area contributed by atoms with Crippen molar-refractivity contribution in [2.45, 2.75) is 51.2 Å². The summed E-state index contributed by atoms with van der Waals surface area (Å²) in [4.78, 5) is 28.9. The highest BCUT2D eigenvalue weighted by Crippen LogP contribution is 2.31. The van der Waals surface area contributed by atoms with E-state index in [9.17, 15) is 9.59 Å². The topological polar surface area (TPSA) is 89.1 Å².